The van der Waals surface area contributed by atoms with Gasteiger partial charge in [-0.25, -0.2) is 0 Å². The molecule has 80 valence electrons. The number of hydrogen-bond acceptors (Lipinski definition) is 3. The van der Waals surface area contributed by atoms with Crippen LogP contribution in [0.1, 0.15) is 22.3 Å². The number of ketones is 1. The fourth-order valence-corrected chi connectivity index (χ4v) is 1.76. The Morgan fingerprint density at radius 2 is 2.40 bits per heavy atom. The first-order valence-corrected chi connectivity index (χ1v) is 5.09. The molecule has 1 heterocycles. The third kappa shape index (κ3) is 2.02. The lowest BCUT2D eigenvalue weighted by atomic mass is 10.0. The summed E-state index contributed by atoms with van der Waals surface area (Å²) in [6.45, 7) is 1.15. The van der Waals surface area contributed by atoms with E-state index in [1.807, 2.05) is 18.2 Å². The van der Waals surface area contributed by atoms with E-state index < -0.39 is 0 Å². The van der Waals surface area contributed by atoms with Gasteiger partial charge in [0.05, 0.1) is 18.8 Å². The second-order valence-corrected chi connectivity index (χ2v) is 3.56. The molecular weight excluding hydrogens is 192 g/mol. The zero-order valence-electron chi connectivity index (χ0n) is 8.79. The molecule has 1 aromatic carbocycles. The number of hydrogen-bond donors (Lipinski definition) is 0. The third-order valence-electron chi connectivity index (χ3n) is 2.55. The van der Waals surface area contributed by atoms with Gasteiger partial charge in [-0.1, -0.05) is 12.1 Å². The van der Waals surface area contributed by atoms with Gasteiger partial charge in [0, 0.05) is 20.0 Å². The van der Waals surface area contributed by atoms with Gasteiger partial charge in [0.1, 0.15) is 5.75 Å². The normalized spacial score (nSPS) is 13.4. The van der Waals surface area contributed by atoms with Gasteiger partial charge in [-0.15, -0.1) is 0 Å². The minimum atomic E-state index is 0.0931. The van der Waals surface area contributed by atoms with Crippen molar-refractivity contribution >= 4 is 5.78 Å². The van der Waals surface area contributed by atoms with Gasteiger partial charge >= 0.3 is 0 Å². The second kappa shape index (κ2) is 4.45. The molecule has 0 saturated carbocycles. The molecule has 0 unspecified atom stereocenters. The molecule has 0 fully saturated rings. The van der Waals surface area contributed by atoms with E-state index in [2.05, 4.69) is 0 Å². The molecule has 1 aliphatic rings. The smallest absolute Gasteiger partial charge is 0.168 e. The minimum absolute atomic E-state index is 0.0931. The molecule has 15 heavy (non-hydrogen) atoms. The summed E-state index contributed by atoms with van der Waals surface area (Å²) in [5.41, 5.74) is 1.83. The van der Waals surface area contributed by atoms with Gasteiger partial charge in [0.25, 0.3) is 0 Å². The van der Waals surface area contributed by atoms with Crippen LogP contribution in [0.4, 0.5) is 0 Å². The van der Waals surface area contributed by atoms with Crippen LogP contribution in [-0.4, -0.2) is 26.1 Å². The first kappa shape index (κ1) is 10.2. The first-order chi connectivity index (χ1) is 7.33. The lowest BCUT2D eigenvalue weighted by Crippen LogP contribution is -2.05. The van der Waals surface area contributed by atoms with Gasteiger partial charge in [0.15, 0.2) is 5.78 Å². The monoisotopic (exact) mass is 206 g/mol. The van der Waals surface area contributed by atoms with Gasteiger partial charge in [0.2, 0.25) is 0 Å². The van der Waals surface area contributed by atoms with Crippen LogP contribution in [0.2, 0.25) is 0 Å². The van der Waals surface area contributed by atoms with Crippen molar-refractivity contribution in [2.45, 2.75) is 12.8 Å². The number of rotatable bonds is 4. The number of fused-ring (bicyclic) bond motifs is 1. The Morgan fingerprint density at radius 3 is 3.20 bits per heavy atom. The van der Waals surface area contributed by atoms with Crippen molar-refractivity contribution in [3.05, 3.63) is 29.3 Å². The van der Waals surface area contributed by atoms with Crippen LogP contribution >= 0.6 is 0 Å². The average molecular weight is 206 g/mol. The summed E-state index contributed by atoms with van der Waals surface area (Å²) < 4.78 is 10.4. The van der Waals surface area contributed by atoms with E-state index in [-0.39, 0.29) is 5.78 Å². The highest BCUT2D eigenvalue weighted by Gasteiger charge is 2.19. The first-order valence-electron chi connectivity index (χ1n) is 5.09. The van der Waals surface area contributed by atoms with Gasteiger partial charge in [-0.05, 0) is 11.6 Å². The number of carbonyl (C=O) groups is 1. The summed E-state index contributed by atoms with van der Waals surface area (Å²) in [5.74, 6) is 0.870. The Morgan fingerprint density at radius 1 is 1.53 bits per heavy atom. The van der Waals surface area contributed by atoms with Gasteiger partial charge in [-0.3, -0.25) is 4.79 Å². The third-order valence-corrected chi connectivity index (χ3v) is 2.55. The van der Waals surface area contributed by atoms with Crippen molar-refractivity contribution in [2.75, 3.05) is 20.3 Å². The Hall–Kier alpha value is -1.35. The summed E-state index contributed by atoms with van der Waals surface area (Å²) in [4.78, 5) is 11.8. The van der Waals surface area contributed by atoms with Crippen LogP contribution in [0.15, 0.2) is 18.2 Å². The maximum Gasteiger partial charge on any atom is 0.168 e. The van der Waals surface area contributed by atoms with E-state index in [4.69, 9.17) is 9.47 Å². The van der Waals surface area contributed by atoms with E-state index in [1.54, 1.807) is 7.11 Å². The zero-order valence-corrected chi connectivity index (χ0v) is 8.79. The van der Waals surface area contributed by atoms with Crippen molar-refractivity contribution in [3.63, 3.8) is 0 Å². The Balaban J connectivity index is 2.21. The summed E-state index contributed by atoms with van der Waals surface area (Å²) in [6.07, 6.45) is 1.32. The van der Waals surface area contributed by atoms with Crippen LogP contribution in [0.5, 0.6) is 5.75 Å². The number of Topliss-reactive ketones (excluding diaryl/α,β-unsaturated/α-hetero) is 1. The average Bonchev–Trinajstić information content (AvgIpc) is 2.73. The van der Waals surface area contributed by atoms with E-state index in [9.17, 15) is 4.79 Å². The highest BCUT2D eigenvalue weighted by Crippen LogP contribution is 2.30. The van der Waals surface area contributed by atoms with Crippen LogP contribution in [0.3, 0.4) is 0 Å². The maximum absolute atomic E-state index is 11.8. The number of methoxy groups -OCH3 is 1. The van der Waals surface area contributed by atoms with E-state index >= 15 is 0 Å². The largest absolute Gasteiger partial charge is 0.492 e. The standard InChI is InChI=1S/C12H14O3/c1-14-7-6-11(13)10-4-2-3-9-5-8-15-12(9)10/h2-4H,5-8H2,1H3. The highest BCUT2D eigenvalue weighted by atomic mass is 16.5. The molecule has 0 saturated heterocycles. The molecule has 0 atom stereocenters. The molecule has 0 spiro atoms. The van der Waals surface area contributed by atoms with Crippen molar-refractivity contribution < 1.29 is 14.3 Å². The Bertz CT molecular complexity index is 371. The Kier molecular flexibility index (Phi) is 3.02. The predicted molar refractivity (Wildman–Crippen MR) is 56.5 cm³/mol. The fraction of sp³-hybridized carbons (Fsp3) is 0.417. The van der Waals surface area contributed by atoms with Crippen molar-refractivity contribution in [2.24, 2.45) is 0 Å². The van der Waals surface area contributed by atoms with Crippen molar-refractivity contribution in [1.29, 1.82) is 0 Å². The second-order valence-electron chi connectivity index (χ2n) is 3.56. The molecule has 3 heteroatoms. The zero-order chi connectivity index (χ0) is 10.7. The minimum Gasteiger partial charge on any atom is -0.492 e. The Labute approximate surface area is 89.0 Å². The van der Waals surface area contributed by atoms with Gasteiger partial charge in [-0.2, -0.15) is 0 Å². The summed E-state index contributed by atoms with van der Waals surface area (Å²) >= 11 is 0. The summed E-state index contributed by atoms with van der Waals surface area (Å²) in [7, 11) is 1.60. The van der Waals surface area contributed by atoms with Crippen LogP contribution in [0, 0.1) is 0 Å². The number of ether oxygens (including phenoxy) is 2. The molecule has 0 bridgehead atoms. The predicted octanol–water partition coefficient (Wildman–Crippen LogP) is 1.84. The SMILES string of the molecule is COCCC(=O)c1cccc2c1OCC2. The van der Waals surface area contributed by atoms with Crippen molar-refractivity contribution in [3.8, 4) is 5.75 Å². The van der Waals surface area contributed by atoms with E-state index in [0.29, 0.717) is 25.2 Å². The molecule has 0 radical (unpaired) electrons. The number of benzene rings is 1. The summed E-state index contributed by atoms with van der Waals surface area (Å²) in [5, 5.41) is 0. The summed E-state index contributed by atoms with van der Waals surface area (Å²) in [6, 6.07) is 5.74. The molecule has 3 nitrogen and oxygen atoms in total. The topological polar surface area (TPSA) is 35.5 Å². The highest BCUT2D eigenvalue weighted by molar-refractivity contribution is 5.99. The van der Waals surface area contributed by atoms with Crippen LogP contribution in [0.25, 0.3) is 0 Å². The van der Waals surface area contributed by atoms with Crippen LogP contribution < -0.4 is 4.74 Å². The maximum atomic E-state index is 11.8. The lowest BCUT2D eigenvalue weighted by Gasteiger charge is -2.06. The van der Waals surface area contributed by atoms with E-state index in [0.717, 1.165) is 17.7 Å². The molecule has 0 aromatic heterocycles. The molecular formula is C12H14O3. The molecule has 1 aliphatic heterocycles. The quantitative estimate of drug-likeness (QED) is 0.705. The van der Waals surface area contributed by atoms with Crippen molar-refractivity contribution in [1.82, 2.24) is 0 Å². The fourth-order valence-electron chi connectivity index (χ4n) is 1.76. The van der Waals surface area contributed by atoms with Gasteiger partial charge < -0.3 is 9.47 Å². The molecule has 0 amide bonds. The number of para-hydroxylation sites is 1. The van der Waals surface area contributed by atoms with E-state index in [1.165, 1.54) is 0 Å². The molecule has 2 rings (SSSR count). The number of carbonyl (C=O) groups excluding carboxylic acids is 1. The lowest BCUT2D eigenvalue weighted by molar-refractivity contribution is 0.0929. The molecule has 1 aromatic rings. The molecule has 0 N–H and O–H groups in total. The molecule has 0 aliphatic carbocycles. The van der Waals surface area contributed by atoms with Crippen LogP contribution in [-0.2, 0) is 11.2 Å².